The zero-order valence-electron chi connectivity index (χ0n) is 74.1. The summed E-state index contributed by atoms with van der Waals surface area (Å²) < 4.78 is 30.6. The summed E-state index contributed by atoms with van der Waals surface area (Å²) in [5.74, 6) is 2.47. The molecule has 5 saturated heterocycles. The van der Waals surface area contributed by atoms with Crippen LogP contribution in [0.25, 0.3) is 93.4 Å². The van der Waals surface area contributed by atoms with Gasteiger partial charge in [-0.1, -0.05) is 6.07 Å². The largest absolute Gasteiger partial charge is 0.493 e. The van der Waals surface area contributed by atoms with Crippen LogP contribution < -0.4 is 98.2 Å². The highest BCUT2D eigenvalue weighted by molar-refractivity contribution is 7.18. The van der Waals surface area contributed by atoms with Gasteiger partial charge in [0.2, 0.25) is 0 Å². The van der Waals surface area contributed by atoms with E-state index in [2.05, 4.69) is 119 Å². The second-order valence-electron chi connectivity index (χ2n) is 32.6. The van der Waals surface area contributed by atoms with E-state index in [0.717, 1.165) is 218 Å². The number of piperazine rings is 3. The van der Waals surface area contributed by atoms with E-state index >= 15 is 0 Å². The Morgan fingerprint density at radius 2 is 0.838 bits per heavy atom. The Balaban J connectivity index is 0.000000114. The van der Waals surface area contributed by atoms with Crippen molar-refractivity contribution in [2.24, 2.45) is 5.73 Å². The minimum absolute atomic E-state index is 0.00291. The number of rotatable bonds is 14. The average Bonchev–Trinajstić information content (AvgIpc) is 0.838. The molecule has 0 amide bonds. The molecule has 21 rings (SSSR count). The van der Waals surface area contributed by atoms with E-state index in [4.69, 9.17) is 29.7 Å². The molecule has 34 heteroatoms. The molecule has 0 bridgehead atoms. The quantitative estimate of drug-likeness (QED) is 0.0675. The number of pyridine rings is 6. The van der Waals surface area contributed by atoms with Crippen LogP contribution in [0.3, 0.4) is 0 Å². The zero-order valence-corrected chi connectivity index (χ0v) is 76.5. The second-order valence-corrected chi connectivity index (χ2v) is 35.6. The zero-order chi connectivity index (χ0) is 90.2. The molecule has 6 N–H and O–H groups in total. The van der Waals surface area contributed by atoms with Gasteiger partial charge in [0.15, 0.2) is 23.0 Å². The number of aromatic nitrogens is 12. The molecule has 31 nitrogen and oxygen atoms in total. The molecule has 3 aromatic carbocycles. The predicted molar refractivity (Wildman–Crippen MR) is 521 cm³/mol. The van der Waals surface area contributed by atoms with Crippen molar-refractivity contribution < 1.29 is 18.9 Å². The molecule has 0 spiro atoms. The van der Waals surface area contributed by atoms with Crippen LogP contribution in [-0.2, 0) is 0 Å². The first kappa shape index (κ1) is 88.7. The highest BCUT2D eigenvalue weighted by atomic mass is 32.1. The first-order chi connectivity index (χ1) is 63.2. The second kappa shape index (κ2) is 39.7. The van der Waals surface area contributed by atoms with Gasteiger partial charge in [0.1, 0.15) is 44.0 Å². The number of anilines is 5. The Morgan fingerprint density at radius 1 is 0.385 bits per heavy atom. The van der Waals surface area contributed by atoms with Crippen molar-refractivity contribution in [2.45, 2.75) is 59.5 Å². The monoisotopic (exact) mass is 1800 g/mol. The summed E-state index contributed by atoms with van der Waals surface area (Å²) in [4.78, 5) is 107. The van der Waals surface area contributed by atoms with Gasteiger partial charge in [-0.25, -0.2) is 34.9 Å². The Hall–Kier alpha value is -13.3. The number of methoxy groups -OCH3 is 4. The van der Waals surface area contributed by atoms with E-state index in [1.807, 2.05) is 142 Å². The highest BCUT2D eigenvalue weighted by Crippen LogP contribution is 2.36. The van der Waals surface area contributed by atoms with Crippen LogP contribution in [0.1, 0.15) is 41.7 Å². The SMILES string of the molecule is COc1ccc(-c2cc(=O)n3cc(N4CCNCC4)cc(C)c3n2)cc1OC.COc1ccc(-c2cc(=O)n3cc(N4CC[C@H](N)C4)ccc3n2)cc1OC.Cc1csc(-c2cc(=O)n3cc(N4CCNCC4)ccc3n2)n1.Cc1csc(-c2cc(=O)n3cc(N4CCN[C@@H](C)C4)ccc3n2)n1.Cc1nc2cc(-c3cc(=O)n4cc(N5CCCNCC5)ccc4c3)ccc2s1. The first-order valence-electron chi connectivity index (χ1n) is 43.5. The van der Waals surface area contributed by atoms with Gasteiger partial charge in [-0.05, 0) is 180 Å². The lowest BCUT2D eigenvalue weighted by Crippen LogP contribution is -2.49. The van der Waals surface area contributed by atoms with Crippen molar-refractivity contribution in [2.75, 3.05) is 164 Å². The van der Waals surface area contributed by atoms with E-state index in [1.54, 1.807) is 92.1 Å². The van der Waals surface area contributed by atoms with Crippen molar-refractivity contribution in [3.05, 3.63) is 261 Å². The molecule has 2 atom stereocenters. The van der Waals surface area contributed by atoms with Gasteiger partial charge < -0.3 is 70.4 Å². The lowest BCUT2D eigenvalue weighted by Gasteiger charge is -2.33. The summed E-state index contributed by atoms with van der Waals surface area (Å²) >= 11 is 4.71. The molecule has 5 fully saturated rings. The summed E-state index contributed by atoms with van der Waals surface area (Å²) in [6.07, 6.45) is 11.5. The summed E-state index contributed by atoms with van der Waals surface area (Å²) in [6, 6.07) is 45.9. The van der Waals surface area contributed by atoms with E-state index in [-0.39, 0.29) is 33.8 Å². The van der Waals surface area contributed by atoms with Crippen molar-refractivity contribution in [1.29, 1.82) is 0 Å². The third-order valence-corrected chi connectivity index (χ3v) is 26.4. The smallest absolute Gasteiger partial charge is 0.258 e. The molecule has 0 saturated carbocycles. The Bertz CT molecular complexity index is 7150. The van der Waals surface area contributed by atoms with Crippen LogP contribution in [-0.4, -0.2) is 209 Å². The minimum atomic E-state index is -0.130. The summed E-state index contributed by atoms with van der Waals surface area (Å²) in [7, 11) is 6.35. The number of hydrogen-bond donors (Lipinski definition) is 5. The number of thiazole rings is 3. The molecule has 670 valence electrons. The van der Waals surface area contributed by atoms with Crippen molar-refractivity contribution in [3.8, 4) is 78.0 Å². The number of nitrogens with one attached hydrogen (secondary N) is 4. The molecule has 18 heterocycles. The molecule has 0 aliphatic carbocycles. The number of fused-ring (bicyclic) bond motifs is 6. The number of nitrogens with zero attached hydrogens (tertiary/aromatic N) is 17. The maximum atomic E-state index is 12.9. The van der Waals surface area contributed by atoms with Crippen LogP contribution in [0.4, 0.5) is 28.4 Å². The predicted octanol–water partition coefficient (Wildman–Crippen LogP) is 11.2. The van der Waals surface area contributed by atoms with Crippen LogP contribution in [0.15, 0.2) is 211 Å². The van der Waals surface area contributed by atoms with Gasteiger partial charge >= 0.3 is 0 Å². The van der Waals surface area contributed by atoms with Crippen LogP contribution in [0.5, 0.6) is 23.0 Å². The number of hydrogen-bond acceptors (Lipinski definition) is 29. The lowest BCUT2D eigenvalue weighted by atomic mass is 10.1. The summed E-state index contributed by atoms with van der Waals surface area (Å²) in [5.41, 5.74) is 24.2. The lowest BCUT2D eigenvalue weighted by molar-refractivity contribution is 0.355. The highest BCUT2D eigenvalue weighted by Gasteiger charge is 2.24. The molecular formula is C96H104N22O9S3. The standard InChI is InChI=1S/C22H22N4OS.C21H24N4O3.C20H22N4O3.C17H19N5OS.C16H17N5OS/c1-15-24-20-12-16(3-6-21(20)28-15)17-11-18-4-5-19(14-26(18)22(27)13-17)25-9-2-7-23-8-10-25;1-14-10-16(24-8-6-22-7-9-24)13-25-20(26)12-17(23-21(14)25)15-4-5-18(27-2)19(11-15)28-3;1-26-17-5-3-13(9-18(17)27-2)16-10-20(25)24-12-15(4-6-19(24)22-16)23-8-7-14(21)11-23;1-11-8-21(6-5-18-11)13-3-4-15-20-14(7-16(23)22(15)9-13)17-19-12(2)10-24-17;1-11-10-23-16(18-11)13-8-15(22)21-9-12(2-3-14(21)19-13)20-6-4-17-5-7-20/h3-6,11-14,23H,2,7-10H2,1H3;4-5,10-13,22H,6-9H2,1-3H3;3-6,9-10,12,14H,7-8,11,21H2,1-2H3;3-4,7,9-11,18H,5-6,8H2,1-2H3;2-3,8-10,17H,4-7H2,1H3/t;;14-;11-;/m..00./s1. The van der Waals surface area contributed by atoms with Gasteiger partial charge in [0.25, 0.3) is 27.8 Å². The van der Waals surface area contributed by atoms with Gasteiger partial charge in [0.05, 0.1) is 83.5 Å². The van der Waals surface area contributed by atoms with E-state index in [0.29, 0.717) is 74.4 Å². The topological polar surface area (TPSA) is 325 Å². The molecule has 16 aromatic rings. The fourth-order valence-corrected chi connectivity index (χ4v) is 19.1. The molecule has 0 radical (unpaired) electrons. The van der Waals surface area contributed by atoms with Crippen molar-refractivity contribution in [1.82, 2.24) is 78.2 Å². The molecule has 5 aliphatic rings. The summed E-state index contributed by atoms with van der Waals surface area (Å²) in [6.45, 7) is 26.2. The Labute approximate surface area is 761 Å². The van der Waals surface area contributed by atoms with Gasteiger partial charge in [-0.15, -0.1) is 34.0 Å². The Morgan fingerprint density at radius 3 is 1.36 bits per heavy atom. The molecule has 130 heavy (non-hydrogen) atoms. The van der Waals surface area contributed by atoms with Gasteiger partial charge in [-0.2, -0.15) is 0 Å². The van der Waals surface area contributed by atoms with Crippen LogP contribution >= 0.6 is 34.0 Å². The fraction of sp³-hybridized carbons (Fsp3) is 0.312. The van der Waals surface area contributed by atoms with Crippen LogP contribution in [0, 0.1) is 27.7 Å². The molecule has 0 unspecified atom stereocenters. The average molecular weight is 1810 g/mol. The third-order valence-electron chi connectivity index (χ3n) is 23.5. The van der Waals surface area contributed by atoms with E-state index in [1.165, 1.54) is 33.4 Å². The van der Waals surface area contributed by atoms with E-state index in [9.17, 15) is 24.0 Å². The minimum Gasteiger partial charge on any atom is -0.493 e. The number of ether oxygens (including phenoxy) is 4. The maximum Gasteiger partial charge on any atom is 0.258 e. The maximum absolute atomic E-state index is 12.9. The number of benzene rings is 3. The molecule has 13 aromatic heterocycles. The number of aryl methyl sites for hydroxylation is 4. The normalized spacial score (nSPS) is 15.9. The summed E-state index contributed by atoms with van der Waals surface area (Å²) in [5, 5.41) is 20.1. The van der Waals surface area contributed by atoms with Crippen molar-refractivity contribution in [3.63, 3.8) is 0 Å². The number of nitrogens with two attached hydrogens (primary N) is 1. The molecule has 5 aliphatic heterocycles. The van der Waals surface area contributed by atoms with Crippen LogP contribution in [0.2, 0.25) is 0 Å². The fourth-order valence-electron chi connectivity index (χ4n) is 16.7. The van der Waals surface area contributed by atoms with Crippen molar-refractivity contribution >= 4 is 101 Å². The third kappa shape index (κ3) is 20.1. The molecular weight excluding hydrogens is 1700 g/mol. The Kier molecular flexibility index (Phi) is 27.1. The van der Waals surface area contributed by atoms with Gasteiger partial charge in [0, 0.05) is 217 Å². The van der Waals surface area contributed by atoms with E-state index < -0.39 is 0 Å². The van der Waals surface area contributed by atoms with Gasteiger partial charge in [-0.3, -0.25) is 46.0 Å². The first-order valence-corrected chi connectivity index (χ1v) is 46.1.